The van der Waals surface area contributed by atoms with E-state index in [1.165, 1.54) is 4.90 Å². The number of fused-ring (bicyclic) bond motifs is 1. The average Bonchev–Trinajstić information content (AvgIpc) is 2.70. The maximum Gasteiger partial charge on any atom is 0.233 e. The molecule has 0 aromatic rings. The van der Waals surface area contributed by atoms with Gasteiger partial charge < -0.3 is 5.32 Å². The van der Waals surface area contributed by atoms with Crippen molar-refractivity contribution in [2.45, 2.75) is 39.0 Å². The van der Waals surface area contributed by atoms with E-state index < -0.39 is 0 Å². The highest BCUT2D eigenvalue weighted by Gasteiger charge is 2.46. The van der Waals surface area contributed by atoms with Crippen LogP contribution in [0.15, 0.2) is 12.2 Å². The van der Waals surface area contributed by atoms with Crippen molar-refractivity contribution in [3.8, 4) is 0 Å². The minimum atomic E-state index is -0.198. The third-order valence-corrected chi connectivity index (χ3v) is 4.01. The van der Waals surface area contributed by atoms with Gasteiger partial charge in [0.15, 0.2) is 0 Å². The van der Waals surface area contributed by atoms with E-state index in [1.54, 1.807) is 0 Å². The zero-order valence-corrected chi connectivity index (χ0v) is 11.9. The number of hydrogen-bond acceptors (Lipinski definition) is 3. The van der Waals surface area contributed by atoms with Gasteiger partial charge in [-0.15, -0.1) is 0 Å². The molecule has 0 spiro atoms. The van der Waals surface area contributed by atoms with E-state index in [2.05, 4.69) is 12.2 Å². The molecule has 0 radical (unpaired) electrons. The second kappa shape index (κ2) is 6.68. The van der Waals surface area contributed by atoms with Crippen molar-refractivity contribution in [1.82, 2.24) is 10.2 Å². The van der Waals surface area contributed by atoms with Crippen LogP contribution in [0.5, 0.6) is 0 Å². The summed E-state index contributed by atoms with van der Waals surface area (Å²) in [5, 5.41) is 2.80. The summed E-state index contributed by atoms with van der Waals surface area (Å²) in [5.41, 5.74) is 0. The van der Waals surface area contributed by atoms with E-state index in [-0.39, 0.29) is 42.5 Å². The summed E-state index contributed by atoms with van der Waals surface area (Å²) in [6.45, 7) is 2.93. The SMILES string of the molecule is CCCCNC(=O)CCN1C(=O)[C@@H]2CC=CC[C@H]2C1=O. The molecule has 0 aromatic heterocycles. The lowest BCUT2D eigenvalue weighted by atomic mass is 9.85. The van der Waals surface area contributed by atoms with Gasteiger partial charge in [-0.1, -0.05) is 25.5 Å². The van der Waals surface area contributed by atoms with Gasteiger partial charge in [0.05, 0.1) is 11.8 Å². The van der Waals surface area contributed by atoms with Crippen LogP contribution in [0.3, 0.4) is 0 Å². The van der Waals surface area contributed by atoms with Crippen LogP contribution in [-0.2, 0) is 14.4 Å². The number of nitrogens with zero attached hydrogens (tertiary/aromatic N) is 1. The highest BCUT2D eigenvalue weighted by atomic mass is 16.2. The molecule has 2 aliphatic rings. The van der Waals surface area contributed by atoms with Crippen LogP contribution < -0.4 is 5.32 Å². The summed E-state index contributed by atoms with van der Waals surface area (Å²) in [7, 11) is 0. The van der Waals surface area contributed by atoms with Crippen LogP contribution in [0.4, 0.5) is 0 Å². The Kier molecular flexibility index (Phi) is 4.93. The summed E-state index contributed by atoms with van der Waals surface area (Å²) in [4.78, 5) is 37.2. The predicted molar refractivity (Wildman–Crippen MR) is 74.6 cm³/mol. The molecule has 20 heavy (non-hydrogen) atoms. The molecule has 110 valence electrons. The molecular formula is C15H22N2O3. The largest absolute Gasteiger partial charge is 0.356 e. The Morgan fingerprint density at radius 2 is 1.85 bits per heavy atom. The minimum Gasteiger partial charge on any atom is -0.356 e. The molecular weight excluding hydrogens is 256 g/mol. The Labute approximate surface area is 119 Å². The van der Waals surface area contributed by atoms with Crippen LogP contribution in [0.25, 0.3) is 0 Å². The second-order valence-corrected chi connectivity index (χ2v) is 5.44. The highest BCUT2D eigenvalue weighted by molar-refractivity contribution is 6.05. The maximum absolute atomic E-state index is 12.2. The van der Waals surface area contributed by atoms with E-state index in [9.17, 15) is 14.4 Å². The molecule has 1 heterocycles. The number of likely N-dealkylation sites (tertiary alicyclic amines) is 1. The molecule has 0 unspecified atom stereocenters. The first-order valence-corrected chi connectivity index (χ1v) is 7.42. The topological polar surface area (TPSA) is 66.5 Å². The van der Waals surface area contributed by atoms with E-state index in [0.29, 0.717) is 19.4 Å². The fourth-order valence-corrected chi connectivity index (χ4v) is 2.80. The van der Waals surface area contributed by atoms with Gasteiger partial charge in [0.2, 0.25) is 17.7 Å². The standard InChI is InChI=1S/C15H22N2O3/c1-2-3-9-16-13(18)8-10-17-14(19)11-6-4-5-7-12(11)15(17)20/h4-5,11-12H,2-3,6-10H2,1H3,(H,16,18)/t11-,12-/m1/s1. The highest BCUT2D eigenvalue weighted by Crippen LogP contribution is 2.34. The normalized spacial score (nSPS) is 24.9. The number of allylic oxidation sites excluding steroid dienone is 2. The van der Waals surface area contributed by atoms with Gasteiger partial charge >= 0.3 is 0 Å². The lowest BCUT2D eigenvalue weighted by Crippen LogP contribution is -2.35. The number of imide groups is 1. The lowest BCUT2D eigenvalue weighted by molar-refractivity contribution is -0.140. The number of rotatable bonds is 6. The average molecular weight is 278 g/mol. The van der Waals surface area contributed by atoms with Gasteiger partial charge in [0, 0.05) is 19.5 Å². The number of nitrogens with one attached hydrogen (secondary N) is 1. The van der Waals surface area contributed by atoms with Crippen LogP contribution in [0.1, 0.15) is 39.0 Å². The summed E-state index contributed by atoms with van der Waals surface area (Å²) in [5.74, 6) is -0.699. The van der Waals surface area contributed by atoms with Crippen molar-refractivity contribution in [3.63, 3.8) is 0 Å². The van der Waals surface area contributed by atoms with Crippen molar-refractivity contribution >= 4 is 17.7 Å². The van der Waals surface area contributed by atoms with Gasteiger partial charge in [0.25, 0.3) is 0 Å². The Bertz CT molecular complexity index is 405. The molecule has 2 rings (SSSR count). The Morgan fingerprint density at radius 1 is 1.25 bits per heavy atom. The molecule has 2 atom stereocenters. The van der Waals surface area contributed by atoms with Gasteiger partial charge in [0.1, 0.15) is 0 Å². The monoisotopic (exact) mass is 278 g/mol. The first kappa shape index (κ1) is 14.8. The quantitative estimate of drug-likeness (QED) is 0.451. The van der Waals surface area contributed by atoms with Crippen LogP contribution >= 0.6 is 0 Å². The number of amides is 3. The third kappa shape index (κ3) is 3.08. The zero-order valence-electron chi connectivity index (χ0n) is 11.9. The predicted octanol–water partition coefficient (Wildman–Crippen LogP) is 1.24. The molecule has 0 aromatic carbocycles. The first-order valence-electron chi connectivity index (χ1n) is 7.42. The van der Waals surface area contributed by atoms with Gasteiger partial charge in [-0.3, -0.25) is 19.3 Å². The molecule has 0 saturated carbocycles. The smallest absolute Gasteiger partial charge is 0.233 e. The van der Waals surface area contributed by atoms with Crippen molar-refractivity contribution < 1.29 is 14.4 Å². The van der Waals surface area contributed by atoms with Crippen molar-refractivity contribution in [3.05, 3.63) is 12.2 Å². The van der Waals surface area contributed by atoms with Crippen LogP contribution in [-0.4, -0.2) is 35.7 Å². The summed E-state index contributed by atoms with van der Waals surface area (Å²) in [6, 6.07) is 0. The molecule has 1 saturated heterocycles. The summed E-state index contributed by atoms with van der Waals surface area (Å²) in [6.07, 6.45) is 7.40. The molecule has 1 N–H and O–H groups in total. The van der Waals surface area contributed by atoms with E-state index in [4.69, 9.17) is 0 Å². The Balaban J connectivity index is 1.83. The van der Waals surface area contributed by atoms with Gasteiger partial charge in [-0.25, -0.2) is 0 Å². The number of hydrogen-bond donors (Lipinski definition) is 1. The first-order chi connectivity index (χ1) is 9.65. The number of carbonyl (C=O) groups excluding carboxylic acids is 3. The van der Waals surface area contributed by atoms with Crippen LogP contribution in [0, 0.1) is 11.8 Å². The minimum absolute atomic E-state index is 0.0907. The maximum atomic E-state index is 12.2. The second-order valence-electron chi connectivity index (χ2n) is 5.44. The Hall–Kier alpha value is -1.65. The van der Waals surface area contributed by atoms with E-state index in [1.807, 2.05) is 12.2 Å². The molecule has 0 bridgehead atoms. The summed E-state index contributed by atoms with van der Waals surface area (Å²) < 4.78 is 0. The lowest BCUT2D eigenvalue weighted by Gasteiger charge is -2.14. The van der Waals surface area contributed by atoms with Gasteiger partial charge in [-0.05, 0) is 19.3 Å². The van der Waals surface area contributed by atoms with Crippen molar-refractivity contribution in [2.24, 2.45) is 11.8 Å². The van der Waals surface area contributed by atoms with Crippen molar-refractivity contribution in [1.29, 1.82) is 0 Å². The fraction of sp³-hybridized carbons (Fsp3) is 0.667. The molecule has 3 amide bonds. The molecule has 5 nitrogen and oxygen atoms in total. The van der Waals surface area contributed by atoms with Crippen LogP contribution in [0.2, 0.25) is 0 Å². The zero-order chi connectivity index (χ0) is 14.5. The van der Waals surface area contributed by atoms with Gasteiger partial charge in [-0.2, -0.15) is 0 Å². The molecule has 1 aliphatic heterocycles. The Morgan fingerprint density at radius 3 is 2.40 bits per heavy atom. The summed E-state index contributed by atoms with van der Waals surface area (Å²) >= 11 is 0. The molecule has 1 aliphatic carbocycles. The third-order valence-electron chi connectivity index (χ3n) is 4.01. The number of unbranched alkanes of at least 4 members (excludes halogenated alkanes) is 1. The van der Waals surface area contributed by atoms with E-state index in [0.717, 1.165) is 12.8 Å². The molecule has 1 fully saturated rings. The number of carbonyl (C=O) groups is 3. The fourth-order valence-electron chi connectivity index (χ4n) is 2.80. The molecule has 5 heteroatoms. The van der Waals surface area contributed by atoms with E-state index >= 15 is 0 Å². The van der Waals surface area contributed by atoms with Crippen molar-refractivity contribution in [2.75, 3.05) is 13.1 Å².